The highest BCUT2D eigenvalue weighted by Crippen LogP contribution is 2.33. The smallest absolute Gasteiger partial charge is 0.0383 e. The van der Waals surface area contributed by atoms with Gasteiger partial charge in [-0.05, 0) is 68.4 Å². The van der Waals surface area contributed by atoms with Crippen molar-refractivity contribution in [1.29, 1.82) is 0 Å². The van der Waals surface area contributed by atoms with E-state index in [1.807, 2.05) is 0 Å². The highest BCUT2D eigenvalue weighted by Gasteiger charge is 2.20. The van der Waals surface area contributed by atoms with Crippen molar-refractivity contribution < 1.29 is 0 Å². The standard InChI is InChI=1S/C28H40/c1-3-5-6-8-24-15-19-27(20-16-24)28-21-17-26(18-22-28)14-13-25-11-9-23(7-4-2)10-12-25/h15-17,19-21,23,25-26,28H,3-12,18,22H2,1-2H3. The third-order valence-corrected chi connectivity index (χ3v) is 6.86. The number of hydrogen-bond donors (Lipinski definition) is 0. The molecule has 0 N–H and O–H groups in total. The van der Waals surface area contributed by atoms with E-state index in [9.17, 15) is 0 Å². The molecule has 2 aliphatic rings. The van der Waals surface area contributed by atoms with Crippen LogP contribution in [0.1, 0.15) is 102 Å². The Morgan fingerprint density at radius 1 is 0.786 bits per heavy atom. The van der Waals surface area contributed by atoms with Crippen LogP contribution in [0.4, 0.5) is 0 Å². The monoisotopic (exact) mass is 376 g/mol. The Morgan fingerprint density at radius 2 is 1.57 bits per heavy atom. The molecule has 2 aliphatic carbocycles. The van der Waals surface area contributed by atoms with E-state index in [1.54, 1.807) is 0 Å². The summed E-state index contributed by atoms with van der Waals surface area (Å²) in [5.74, 6) is 9.97. The van der Waals surface area contributed by atoms with Crippen molar-refractivity contribution in [3.63, 3.8) is 0 Å². The molecule has 0 aliphatic heterocycles. The lowest BCUT2D eigenvalue weighted by Gasteiger charge is -2.25. The lowest BCUT2D eigenvalue weighted by Crippen LogP contribution is -2.13. The van der Waals surface area contributed by atoms with Crippen molar-refractivity contribution in [3.05, 3.63) is 47.5 Å². The molecule has 2 atom stereocenters. The van der Waals surface area contributed by atoms with Crippen LogP contribution in [0.3, 0.4) is 0 Å². The lowest BCUT2D eigenvalue weighted by atomic mass is 9.80. The summed E-state index contributed by atoms with van der Waals surface area (Å²) < 4.78 is 0. The second-order valence-electron chi connectivity index (χ2n) is 9.17. The fraction of sp³-hybridized carbons (Fsp3) is 0.643. The largest absolute Gasteiger partial charge is 0.0993 e. The Bertz CT molecular complexity index is 646. The van der Waals surface area contributed by atoms with Crippen LogP contribution in [0.15, 0.2) is 36.4 Å². The van der Waals surface area contributed by atoms with E-state index in [4.69, 9.17) is 0 Å². The normalized spacial score (nSPS) is 27.2. The van der Waals surface area contributed by atoms with Crippen molar-refractivity contribution >= 4 is 0 Å². The number of unbranched alkanes of at least 4 members (excludes halogenated alkanes) is 2. The van der Waals surface area contributed by atoms with E-state index in [-0.39, 0.29) is 0 Å². The average molecular weight is 377 g/mol. The second kappa shape index (κ2) is 11.5. The van der Waals surface area contributed by atoms with E-state index < -0.39 is 0 Å². The van der Waals surface area contributed by atoms with E-state index in [0.29, 0.717) is 17.8 Å². The zero-order chi connectivity index (χ0) is 19.6. The van der Waals surface area contributed by atoms with E-state index in [0.717, 1.165) is 5.92 Å². The molecule has 1 fully saturated rings. The fourth-order valence-electron chi connectivity index (χ4n) is 4.96. The minimum atomic E-state index is 0.484. The summed E-state index contributed by atoms with van der Waals surface area (Å²) in [5, 5.41) is 0. The first-order valence-electron chi connectivity index (χ1n) is 12.1. The van der Waals surface area contributed by atoms with Gasteiger partial charge in [0.2, 0.25) is 0 Å². The van der Waals surface area contributed by atoms with Crippen molar-refractivity contribution in [3.8, 4) is 11.8 Å². The van der Waals surface area contributed by atoms with Gasteiger partial charge in [-0.15, -0.1) is 0 Å². The van der Waals surface area contributed by atoms with Gasteiger partial charge in [0.1, 0.15) is 0 Å². The predicted octanol–water partition coefficient (Wildman–Crippen LogP) is 8.08. The van der Waals surface area contributed by atoms with Gasteiger partial charge in [-0.2, -0.15) is 0 Å². The molecule has 0 radical (unpaired) electrons. The molecule has 0 heterocycles. The number of allylic oxidation sites excluding steroid dienone is 2. The fourth-order valence-corrected chi connectivity index (χ4v) is 4.96. The number of hydrogen-bond acceptors (Lipinski definition) is 0. The molecular weight excluding hydrogens is 336 g/mol. The Labute approximate surface area is 174 Å². The maximum atomic E-state index is 3.64. The molecule has 0 heteroatoms. The van der Waals surface area contributed by atoms with Crippen molar-refractivity contribution in [2.45, 2.75) is 96.8 Å². The van der Waals surface area contributed by atoms with Gasteiger partial charge in [-0.3, -0.25) is 0 Å². The number of aryl methyl sites for hydroxylation is 1. The van der Waals surface area contributed by atoms with Crippen LogP contribution in [0.25, 0.3) is 0 Å². The molecule has 2 unspecified atom stereocenters. The third-order valence-electron chi connectivity index (χ3n) is 6.86. The van der Waals surface area contributed by atoms with Gasteiger partial charge in [0.25, 0.3) is 0 Å². The minimum Gasteiger partial charge on any atom is -0.0993 e. The molecule has 0 amide bonds. The Morgan fingerprint density at radius 3 is 2.21 bits per heavy atom. The van der Waals surface area contributed by atoms with Crippen LogP contribution in [-0.4, -0.2) is 0 Å². The molecule has 28 heavy (non-hydrogen) atoms. The summed E-state index contributed by atoms with van der Waals surface area (Å²) in [4.78, 5) is 0. The van der Waals surface area contributed by atoms with Crippen LogP contribution in [0.5, 0.6) is 0 Å². The van der Waals surface area contributed by atoms with Crippen LogP contribution >= 0.6 is 0 Å². The third kappa shape index (κ3) is 6.55. The van der Waals surface area contributed by atoms with Gasteiger partial charge in [-0.25, -0.2) is 0 Å². The maximum absolute atomic E-state index is 3.64. The van der Waals surface area contributed by atoms with Gasteiger partial charge in [0, 0.05) is 17.8 Å². The van der Waals surface area contributed by atoms with Gasteiger partial charge >= 0.3 is 0 Å². The molecule has 1 aromatic carbocycles. The van der Waals surface area contributed by atoms with Crippen LogP contribution in [-0.2, 0) is 6.42 Å². The quantitative estimate of drug-likeness (QED) is 0.256. The second-order valence-corrected chi connectivity index (χ2v) is 9.17. The van der Waals surface area contributed by atoms with Crippen molar-refractivity contribution in [2.75, 3.05) is 0 Å². The summed E-state index contributed by atoms with van der Waals surface area (Å²) in [5.41, 5.74) is 2.98. The molecule has 152 valence electrons. The molecule has 0 bridgehead atoms. The molecule has 3 rings (SSSR count). The molecule has 0 spiro atoms. The van der Waals surface area contributed by atoms with Crippen LogP contribution in [0, 0.1) is 29.6 Å². The minimum absolute atomic E-state index is 0.484. The van der Waals surface area contributed by atoms with Gasteiger partial charge in [0.15, 0.2) is 0 Å². The average Bonchev–Trinajstić information content (AvgIpc) is 2.75. The first-order chi connectivity index (χ1) is 13.8. The summed E-state index contributed by atoms with van der Waals surface area (Å²) in [7, 11) is 0. The first kappa shape index (κ1) is 21.2. The van der Waals surface area contributed by atoms with E-state index >= 15 is 0 Å². The molecular formula is C28H40. The van der Waals surface area contributed by atoms with Crippen LogP contribution in [0.2, 0.25) is 0 Å². The zero-order valence-corrected chi connectivity index (χ0v) is 18.3. The van der Waals surface area contributed by atoms with Gasteiger partial charge in [0.05, 0.1) is 0 Å². The summed E-state index contributed by atoms with van der Waals surface area (Å²) >= 11 is 0. The summed E-state index contributed by atoms with van der Waals surface area (Å²) in [6.07, 6.45) is 20.7. The highest BCUT2D eigenvalue weighted by molar-refractivity contribution is 5.30. The molecule has 1 aromatic rings. The first-order valence-corrected chi connectivity index (χ1v) is 12.1. The Kier molecular flexibility index (Phi) is 8.72. The van der Waals surface area contributed by atoms with E-state index in [1.165, 1.54) is 88.2 Å². The SMILES string of the molecule is CCCCCc1ccc(C2C=CC(C#CC3CCC(CCC)CC3)CC2)cc1. The van der Waals surface area contributed by atoms with E-state index in [2.05, 4.69) is 62.1 Å². The van der Waals surface area contributed by atoms with Gasteiger partial charge in [-0.1, -0.05) is 87.8 Å². The van der Waals surface area contributed by atoms with Crippen LogP contribution < -0.4 is 0 Å². The highest BCUT2D eigenvalue weighted by atomic mass is 14.2. The zero-order valence-electron chi connectivity index (χ0n) is 18.3. The van der Waals surface area contributed by atoms with Gasteiger partial charge < -0.3 is 0 Å². The molecule has 0 nitrogen and oxygen atoms in total. The molecule has 0 aromatic heterocycles. The Hall–Kier alpha value is -1.48. The lowest BCUT2D eigenvalue weighted by molar-refractivity contribution is 0.299. The van der Waals surface area contributed by atoms with Crippen molar-refractivity contribution in [1.82, 2.24) is 0 Å². The maximum Gasteiger partial charge on any atom is 0.0383 e. The number of rotatable bonds is 7. The predicted molar refractivity (Wildman–Crippen MR) is 122 cm³/mol. The summed E-state index contributed by atoms with van der Waals surface area (Å²) in [6.45, 7) is 4.59. The molecule has 1 saturated carbocycles. The topological polar surface area (TPSA) is 0 Å². The molecule has 0 saturated heterocycles. The Balaban J connectivity index is 1.46. The number of benzene rings is 1. The van der Waals surface area contributed by atoms with Crippen molar-refractivity contribution in [2.24, 2.45) is 17.8 Å². The summed E-state index contributed by atoms with van der Waals surface area (Å²) in [6, 6.07) is 9.41.